The van der Waals surface area contributed by atoms with E-state index >= 15 is 0 Å². The predicted molar refractivity (Wildman–Crippen MR) is 90.7 cm³/mol. The molecular weight excluding hydrogens is 328 g/mol. The molecule has 0 radical (unpaired) electrons. The van der Waals surface area contributed by atoms with Crippen molar-refractivity contribution < 1.29 is 9.21 Å². The molecule has 3 rings (SSSR count). The number of halogens is 1. The minimum atomic E-state index is -0.141. The molecule has 2 heterocycles. The Labute approximate surface area is 143 Å². The molecule has 3 aromatic rings. The van der Waals surface area contributed by atoms with Crippen LogP contribution in [-0.2, 0) is 11.2 Å². The summed E-state index contributed by atoms with van der Waals surface area (Å²) in [5.41, 5.74) is 2.26. The molecular formula is C17H15ClN4O2. The molecule has 1 amide bonds. The van der Waals surface area contributed by atoms with Crippen LogP contribution in [0.15, 0.2) is 47.0 Å². The monoisotopic (exact) mass is 342 g/mol. The number of hydrogen-bond acceptors (Lipinski definition) is 5. The highest BCUT2D eigenvalue weighted by molar-refractivity contribution is 6.31. The first-order valence-electron chi connectivity index (χ1n) is 7.41. The van der Waals surface area contributed by atoms with Crippen molar-refractivity contribution in [3.8, 4) is 11.6 Å². The highest BCUT2D eigenvalue weighted by Gasteiger charge is 2.12. The predicted octanol–water partition coefficient (Wildman–Crippen LogP) is 3.66. The summed E-state index contributed by atoms with van der Waals surface area (Å²) in [5, 5.41) is 11.3. The summed E-state index contributed by atoms with van der Waals surface area (Å²) in [6, 6.07) is 10.8. The zero-order valence-electron chi connectivity index (χ0n) is 13.0. The van der Waals surface area contributed by atoms with E-state index in [9.17, 15) is 4.79 Å². The van der Waals surface area contributed by atoms with Crippen molar-refractivity contribution in [2.24, 2.45) is 0 Å². The van der Waals surface area contributed by atoms with Gasteiger partial charge in [0.05, 0.1) is 0 Å². The van der Waals surface area contributed by atoms with Crippen LogP contribution in [0.1, 0.15) is 17.9 Å². The first kappa shape index (κ1) is 16.1. The van der Waals surface area contributed by atoms with Gasteiger partial charge in [-0.25, -0.2) is 0 Å². The van der Waals surface area contributed by atoms with Crippen LogP contribution >= 0.6 is 11.6 Å². The second-order valence-electron chi connectivity index (χ2n) is 5.22. The molecule has 0 saturated heterocycles. The summed E-state index contributed by atoms with van der Waals surface area (Å²) < 4.78 is 5.53. The van der Waals surface area contributed by atoms with Crippen molar-refractivity contribution in [1.29, 1.82) is 0 Å². The Morgan fingerprint density at radius 1 is 1.25 bits per heavy atom. The van der Waals surface area contributed by atoms with E-state index < -0.39 is 0 Å². The Morgan fingerprint density at radius 3 is 2.92 bits per heavy atom. The molecule has 7 heteroatoms. The molecule has 2 aromatic heterocycles. The Kier molecular flexibility index (Phi) is 4.86. The maximum Gasteiger partial charge on any atom is 0.266 e. The Bertz CT molecular complexity index is 849. The fourth-order valence-corrected chi connectivity index (χ4v) is 2.28. The maximum absolute atomic E-state index is 12.1. The third-order valence-corrected chi connectivity index (χ3v) is 3.63. The molecule has 0 aliphatic heterocycles. The van der Waals surface area contributed by atoms with Gasteiger partial charge < -0.3 is 9.73 Å². The number of nitrogens with zero attached hydrogens (tertiary/aromatic N) is 3. The molecule has 0 saturated carbocycles. The first-order chi connectivity index (χ1) is 11.6. The second-order valence-corrected chi connectivity index (χ2v) is 5.66. The van der Waals surface area contributed by atoms with Gasteiger partial charge in [0, 0.05) is 29.7 Å². The number of benzene rings is 1. The average molecular weight is 343 g/mol. The van der Waals surface area contributed by atoms with Gasteiger partial charge in [-0.2, -0.15) is 0 Å². The van der Waals surface area contributed by atoms with Crippen LogP contribution in [0.2, 0.25) is 5.02 Å². The van der Waals surface area contributed by atoms with Crippen molar-refractivity contribution >= 4 is 23.2 Å². The smallest absolute Gasteiger partial charge is 0.266 e. The van der Waals surface area contributed by atoms with E-state index in [1.807, 2.05) is 25.1 Å². The lowest BCUT2D eigenvalue weighted by atomic mass is 10.2. The van der Waals surface area contributed by atoms with E-state index in [4.69, 9.17) is 16.0 Å². The molecule has 0 fully saturated rings. The third kappa shape index (κ3) is 3.97. The van der Waals surface area contributed by atoms with Crippen LogP contribution in [0, 0.1) is 6.92 Å². The summed E-state index contributed by atoms with van der Waals surface area (Å²) in [4.78, 5) is 16.2. The molecule has 0 unspecified atom stereocenters. The summed E-state index contributed by atoms with van der Waals surface area (Å²) in [6.07, 6.45) is 2.24. The van der Waals surface area contributed by atoms with Crippen LogP contribution in [-0.4, -0.2) is 21.1 Å². The number of hydrogen-bond donors (Lipinski definition) is 1. The number of anilines is 1. The molecule has 0 spiro atoms. The minimum absolute atomic E-state index is 0.141. The lowest BCUT2D eigenvalue weighted by molar-refractivity contribution is -0.116. The lowest BCUT2D eigenvalue weighted by Gasteiger charge is -2.08. The van der Waals surface area contributed by atoms with Crippen molar-refractivity contribution in [2.75, 3.05) is 5.32 Å². The van der Waals surface area contributed by atoms with Crippen LogP contribution < -0.4 is 5.32 Å². The van der Waals surface area contributed by atoms with E-state index in [2.05, 4.69) is 20.5 Å². The van der Waals surface area contributed by atoms with Gasteiger partial charge in [0.15, 0.2) is 0 Å². The van der Waals surface area contributed by atoms with Gasteiger partial charge in [0.1, 0.15) is 5.69 Å². The van der Waals surface area contributed by atoms with Gasteiger partial charge in [-0.1, -0.05) is 23.7 Å². The van der Waals surface area contributed by atoms with Crippen LogP contribution in [0.5, 0.6) is 0 Å². The highest BCUT2D eigenvalue weighted by Crippen LogP contribution is 2.20. The molecule has 0 bridgehead atoms. The molecule has 1 aromatic carbocycles. The lowest BCUT2D eigenvalue weighted by Crippen LogP contribution is -2.13. The first-order valence-corrected chi connectivity index (χ1v) is 7.79. The van der Waals surface area contributed by atoms with Gasteiger partial charge in [-0.3, -0.25) is 9.78 Å². The van der Waals surface area contributed by atoms with Crippen LogP contribution in [0.25, 0.3) is 11.6 Å². The summed E-state index contributed by atoms with van der Waals surface area (Å²) in [7, 11) is 0. The van der Waals surface area contributed by atoms with Gasteiger partial charge in [-0.05, 0) is 36.8 Å². The van der Waals surface area contributed by atoms with Crippen LogP contribution in [0.4, 0.5) is 5.69 Å². The number of amides is 1. The second kappa shape index (κ2) is 7.23. The average Bonchev–Trinajstić information content (AvgIpc) is 3.06. The molecule has 122 valence electrons. The largest absolute Gasteiger partial charge is 0.419 e. The Morgan fingerprint density at radius 2 is 2.12 bits per heavy atom. The maximum atomic E-state index is 12.1. The number of aryl methyl sites for hydroxylation is 2. The number of aromatic nitrogens is 3. The van der Waals surface area contributed by atoms with Crippen molar-refractivity contribution in [1.82, 2.24) is 15.2 Å². The Balaban J connectivity index is 1.59. The van der Waals surface area contributed by atoms with E-state index in [0.29, 0.717) is 34.6 Å². The SMILES string of the molecule is Cc1ccc(Cl)cc1NC(=O)CCc1nnc(-c2ccccn2)o1. The Hall–Kier alpha value is -2.73. The quantitative estimate of drug-likeness (QED) is 0.765. The van der Waals surface area contributed by atoms with E-state index in [0.717, 1.165) is 5.56 Å². The van der Waals surface area contributed by atoms with Crippen molar-refractivity contribution in [2.45, 2.75) is 19.8 Å². The summed E-state index contributed by atoms with van der Waals surface area (Å²) in [5.74, 6) is 0.600. The van der Waals surface area contributed by atoms with E-state index in [-0.39, 0.29) is 12.3 Å². The highest BCUT2D eigenvalue weighted by atomic mass is 35.5. The van der Waals surface area contributed by atoms with E-state index in [1.165, 1.54) is 0 Å². The minimum Gasteiger partial charge on any atom is -0.419 e. The zero-order valence-corrected chi connectivity index (χ0v) is 13.7. The number of rotatable bonds is 5. The summed E-state index contributed by atoms with van der Waals surface area (Å²) in [6.45, 7) is 1.91. The molecule has 6 nitrogen and oxygen atoms in total. The summed E-state index contributed by atoms with van der Waals surface area (Å²) >= 11 is 5.94. The zero-order chi connectivity index (χ0) is 16.9. The molecule has 24 heavy (non-hydrogen) atoms. The molecule has 0 aliphatic carbocycles. The van der Waals surface area contributed by atoms with Gasteiger partial charge >= 0.3 is 0 Å². The number of pyridine rings is 1. The number of carbonyl (C=O) groups excluding carboxylic acids is 1. The fraction of sp³-hybridized carbons (Fsp3) is 0.176. The molecule has 1 N–H and O–H groups in total. The fourth-order valence-electron chi connectivity index (χ4n) is 2.11. The third-order valence-electron chi connectivity index (χ3n) is 3.39. The van der Waals surface area contributed by atoms with Crippen molar-refractivity contribution in [3.05, 3.63) is 59.1 Å². The molecule has 0 aliphatic rings. The topological polar surface area (TPSA) is 80.9 Å². The normalized spacial score (nSPS) is 10.6. The van der Waals surface area contributed by atoms with Gasteiger partial charge in [0.2, 0.25) is 11.8 Å². The number of nitrogens with one attached hydrogen (secondary N) is 1. The standard InChI is InChI=1S/C17H15ClN4O2/c1-11-5-6-12(18)10-14(11)20-15(23)7-8-16-21-22-17(24-16)13-4-2-3-9-19-13/h2-6,9-10H,7-8H2,1H3,(H,20,23). The van der Waals surface area contributed by atoms with Crippen molar-refractivity contribution in [3.63, 3.8) is 0 Å². The molecule has 0 atom stereocenters. The van der Waals surface area contributed by atoms with Crippen LogP contribution in [0.3, 0.4) is 0 Å². The van der Waals surface area contributed by atoms with E-state index in [1.54, 1.807) is 24.4 Å². The van der Waals surface area contributed by atoms with Gasteiger partial charge in [0.25, 0.3) is 5.89 Å². The number of carbonyl (C=O) groups is 1. The van der Waals surface area contributed by atoms with Gasteiger partial charge in [-0.15, -0.1) is 10.2 Å².